The first-order valence-corrected chi connectivity index (χ1v) is 9.79. The van der Waals surface area contributed by atoms with Gasteiger partial charge < -0.3 is 25.4 Å². The second kappa shape index (κ2) is 7.46. The molecular weight excluding hydrogens is 384 g/mol. The maximum absolute atomic E-state index is 12.0. The number of likely N-dealkylation sites (N-methyl/N-ethyl adjacent to an activating group) is 1. The Morgan fingerprint density at radius 3 is 2.70 bits per heavy atom. The number of nitrogens with zero attached hydrogens (tertiary/aromatic N) is 3. The van der Waals surface area contributed by atoms with Crippen molar-refractivity contribution < 1.29 is 19.5 Å². The fraction of sp³-hybridized carbons (Fsp3) is 0.318. The van der Waals surface area contributed by atoms with Gasteiger partial charge in [0.1, 0.15) is 11.5 Å². The summed E-state index contributed by atoms with van der Waals surface area (Å²) in [5.41, 5.74) is 9.34. The molecule has 1 amide bonds. The predicted octanol–water partition coefficient (Wildman–Crippen LogP) is 3.03. The van der Waals surface area contributed by atoms with Gasteiger partial charge in [0.25, 0.3) is 5.91 Å². The second-order valence-corrected chi connectivity index (χ2v) is 7.97. The lowest BCUT2D eigenvalue weighted by molar-refractivity contribution is 0.0992. The van der Waals surface area contributed by atoms with E-state index in [1.807, 2.05) is 19.9 Å². The summed E-state index contributed by atoms with van der Waals surface area (Å²) in [7, 11) is 2.06. The minimum absolute atomic E-state index is 0.00481. The van der Waals surface area contributed by atoms with E-state index < -0.39 is 5.91 Å². The van der Waals surface area contributed by atoms with Crippen LogP contribution in [0.1, 0.15) is 47.1 Å². The number of hydrogen-bond acceptors (Lipinski definition) is 7. The van der Waals surface area contributed by atoms with Crippen molar-refractivity contribution in [1.82, 2.24) is 15.0 Å². The number of aromatic hydroxyl groups is 2. The maximum Gasteiger partial charge on any atom is 0.271 e. The molecule has 0 unspecified atom stereocenters. The smallest absolute Gasteiger partial charge is 0.271 e. The van der Waals surface area contributed by atoms with Crippen LogP contribution in [0.3, 0.4) is 0 Å². The van der Waals surface area contributed by atoms with Gasteiger partial charge in [-0.1, -0.05) is 25.1 Å². The number of phenolic OH excluding ortho intramolecular Hbond substituents is 2. The number of pyridine rings is 1. The molecule has 1 aliphatic rings. The van der Waals surface area contributed by atoms with Crippen molar-refractivity contribution in [2.24, 2.45) is 5.73 Å². The first kappa shape index (κ1) is 19.9. The molecule has 4 N–H and O–H groups in total. The van der Waals surface area contributed by atoms with Crippen molar-refractivity contribution >= 4 is 5.91 Å². The van der Waals surface area contributed by atoms with Crippen LogP contribution in [-0.4, -0.2) is 44.8 Å². The molecule has 2 aromatic heterocycles. The zero-order valence-corrected chi connectivity index (χ0v) is 17.1. The average Bonchev–Trinajstić information content (AvgIpc) is 3.12. The van der Waals surface area contributed by atoms with Gasteiger partial charge in [0.15, 0.2) is 11.5 Å². The molecule has 0 saturated heterocycles. The van der Waals surface area contributed by atoms with Crippen LogP contribution >= 0.6 is 0 Å². The van der Waals surface area contributed by atoms with Gasteiger partial charge in [-0.2, -0.15) is 0 Å². The van der Waals surface area contributed by atoms with Crippen LogP contribution in [0, 0.1) is 0 Å². The Morgan fingerprint density at radius 1 is 1.23 bits per heavy atom. The molecule has 3 aromatic rings. The molecule has 0 fully saturated rings. The van der Waals surface area contributed by atoms with E-state index in [1.54, 1.807) is 12.1 Å². The number of primary amides is 1. The summed E-state index contributed by atoms with van der Waals surface area (Å²) in [5.74, 6) is -0.765. The van der Waals surface area contributed by atoms with Crippen molar-refractivity contribution in [2.75, 3.05) is 13.6 Å². The largest absolute Gasteiger partial charge is 0.508 e. The number of amides is 1. The van der Waals surface area contributed by atoms with Gasteiger partial charge in [0.05, 0.1) is 16.8 Å². The van der Waals surface area contributed by atoms with Crippen molar-refractivity contribution in [1.29, 1.82) is 0 Å². The fourth-order valence-electron chi connectivity index (χ4n) is 3.81. The number of carbonyl (C=O) groups excluding carboxylic acids is 1. The van der Waals surface area contributed by atoms with Gasteiger partial charge >= 0.3 is 0 Å². The van der Waals surface area contributed by atoms with Gasteiger partial charge in [-0.25, -0.2) is 0 Å². The first-order chi connectivity index (χ1) is 14.3. The average molecular weight is 408 g/mol. The van der Waals surface area contributed by atoms with Crippen molar-refractivity contribution in [3.05, 3.63) is 46.8 Å². The van der Waals surface area contributed by atoms with Crippen LogP contribution in [0.2, 0.25) is 0 Å². The predicted molar refractivity (Wildman–Crippen MR) is 111 cm³/mol. The number of hydrogen-bond donors (Lipinski definition) is 3. The molecule has 1 aromatic carbocycles. The highest BCUT2D eigenvalue weighted by molar-refractivity contribution is 6.01. The van der Waals surface area contributed by atoms with E-state index in [4.69, 9.17) is 15.2 Å². The number of nitrogens with two attached hydrogens (primary N) is 1. The SMILES string of the molecule is CC(C)c1cc(-c2onc(C(N)=O)c2-c2ccc3c(n2)CCN(C)C3)c(O)cc1O. The third-order valence-corrected chi connectivity index (χ3v) is 5.43. The number of fused-ring (bicyclic) bond motifs is 1. The number of carbonyl (C=O) groups is 1. The van der Waals surface area contributed by atoms with Gasteiger partial charge in [-0.3, -0.25) is 9.78 Å². The van der Waals surface area contributed by atoms with Gasteiger partial charge in [-0.15, -0.1) is 0 Å². The van der Waals surface area contributed by atoms with Crippen LogP contribution in [-0.2, 0) is 13.0 Å². The fourth-order valence-corrected chi connectivity index (χ4v) is 3.81. The molecule has 4 rings (SSSR count). The molecule has 0 saturated carbocycles. The molecular formula is C22H24N4O4. The standard InChI is InChI=1S/C22H24N4O4/c1-11(2)13-8-14(18(28)9-17(13)27)21-19(20(22(23)29)25-30-21)16-5-4-12-10-26(3)7-6-15(12)24-16/h4-5,8-9,11,27-28H,6-7,10H2,1-3H3,(H2,23,29). The highest BCUT2D eigenvalue weighted by atomic mass is 16.5. The van der Waals surface area contributed by atoms with Crippen molar-refractivity contribution in [3.8, 4) is 34.1 Å². The zero-order chi connectivity index (χ0) is 21.6. The van der Waals surface area contributed by atoms with Gasteiger partial charge in [0, 0.05) is 31.3 Å². The Kier molecular flexibility index (Phi) is 4.95. The molecule has 8 nitrogen and oxygen atoms in total. The minimum Gasteiger partial charge on any atom is -0.508 e. The monoisotopic (exact) mass is 408 g/mol. The molecule has 156 valence electrons. The molecule has 0 bridgehead atoms. The number of phenols is 2. The lowest BCUT2D eigenvalue weighted by Crippen LogP contribution is -2.27. The number of aromatic nitrogens is 2. The summed E-state index contributed by atoms with van der Waals surface area (Å²) in [4.78, 5) is 19.0. The molecule has 1 aliphatic heterocycles. The topological polar surface area (TPSA) is 126 Å². The highest BCUT2D eigenvalue weighted by Crippen LogP contribution is 2.42. The van der Waals surface area contributed by atoms with Crippen LogP contribution < -0.4 is 5.73 Å². The van der Waals surface area contributed by atoms with E-state index in [2.05, 4.69) is 17.1 Å². The van der Waals surface area contributed by atoms with E-state index in [-0.39, 0.29) is 28.9 Å². The third kappa shape index (κ3) is 3.39. The van der Waals surface area contributed by atoms with Crippen LogP contribution in [0.25, 0.3) is 22.6 Å². The molecule has 8 heteroatoms. The van der Waals surface area contributed by atoms with Gasteiger partial charge in [0.2, 0.25) is 0 Å². The Morgan fingerprint density at radius 2 is 2.00 bits per heavy atom. The van der Waals surface area contributed by atoms with E-state index in [0.29, 0.717) is 22.4 Å². The lowest BCUT2D eigenvalue weighted by Gasteiger charge is -2.24. The molecule has 30 heavy (non-hydrogen) atoms. The Labute approximate surface area is 173 Å². The molecule has 0 radical (unpaired) electrons. The molecule has 0 atom stereocenters. The summed E-state index contributed by atoms with van der Waals surface area (Å²) in [6.45, 7) is 5.54. The van der Waals surface area contributed by atoms with Gasteiger partial charge in [-0.05, 0) is 36.2 Å². The molecule has 3 heterocycles. The second-order valence-electron chi connectivity index (χ2n) is 7.97. The minimum atomic E-state index is -0.749. The summed E-state index contributed by atoms with van der Waals surface area (Å²) in [6.07, 6.45) is 0.786. The normalized spacial score (nSPS) is 14.1. The summed E-state index contributed by atoms with van der Waals surface area (Å²) < 4.78 is 5.47. The first-order valence-electron chi connectivity index (χ1n) is 9.79. The Bertz CT molecular complexity index is 1140. The summed E-state index contributed by atoms with van der Waals surface area (Å²) in [5, 5.41) is 24.5. The third-order valence-electron chi connectivity index (χ3n) is 5.43. The Balaban J connectivity index is 1.92. The Hall–Kier alpha value is -3.39. The lowest BCUT2D eigenvalue weighted by atomic mass is 9.95. The van der Waals surface area contributed by atoms with Crippen LogP contribution in [0.15, 0.2) is 28.8 Å². The van der Waals surface area contributed by atoms with Crippen LogP contribution in [0.4, 0.5) is 0 Å². The maximum atomic E-state index is 12.0. The van der Waals surface area contributed by atoms with E-state index in [1.165, 1.54) is 6.07 Å². The molecule has 0 aliphatic carbocycles. The zero-order valence-electron chi connectivity index (χ0n) is 17.1. The quantitative estimate of drug-likeness (QED) is 0.606. The molecule has 0 spiro atoms. The summed E-state index contributed by atoms with van der Waals surface area (Å²) in [6, 6.07) is 6.68. The summed E-state index contributed by atoms with van der Waals surface area (Å²) >= 11 is 0. The number of benzene rings is 1. The van der Waals surface area contributed by atoms with Crippen molar-refractivity contribution in [3.63, 3.8) is 0 Å². The van der Waals surface area contributed by atoms with Crippen molar-refractivity contribution in [2.45, 2.75) is 32.7 Å². The van der Waals surface area contributed by atoms with Crippen LogP contribution in [0.5, 0.6) is 11.5 Å². The van der Waals surface area contributed by atoms with E-state index >= 15 is 0 Å². The highest BCUT2D eigenvalue weighted by Gasteiger charge is 2.27. The van der Waals surface area contributed by atoms with E-state index in [0.717, 1.165) is 30.8 Å². The van der Waals surface area contributed by atoms with E-state index in [9.17, 15) is 15.0 Å². The number of rotatable bonds is 4.